The minimum Gasteiger partial charge on any atom is -0.398 e. The Labute approximate surface area is 95.2 Å². The molecule has 0 unspecified atom stereocenters. The molecule has 0 spiro atoms. The number of nitrogens with zero attached hydrogens (tertiary/aromatic N) is 3. The van der Waals surface area contributed by atoms with Crippen molar-refractivity contribution in [2.45, 2.75) is 0 Å². The van der Waals surface area contributed by atoms with Crippen molar-refractivity contribution >= 4 is 27.6 Å². The van der Waals surface area contributed by atoms with Crippen LogP contribution in [0.25, 0.3) is 11.4 Å². The zero-order chi connectivity index (χ0) is 11.0. The fraction of sp³-hybridized carbons (Fsp3) is 0.111. The first kappa shape index (κ1) is 9.97. The van der Waals surface area contributed by atoms with E-state index in [2.05, 4.69) is 26.0 Å². The molecule has 15 heavy (non-hydrogen) atoms. The molecule has 0 saturated carbocycles. The van der Waals surface area contributed by atoms with Crippen LogP contribution in [-0.2, 0) is 7.05 Å². The summed E-state index contributed by atoms with van der Waals surface area (Å²) in [7, 11) is 1.74. The van der Waals surface area contributed by atoms with E-state index in [4.69, 9.17) is 11.5 Å². The lowest BCUT2D eigenvalue weighted by Crippen LogP contribution is -1.97. The molecule has 0 aliphatic heterocycles. The van der Waals surface area contributed by atoms with Crippen molar-refractivity contribution in [1.29, 1.82) is 0 Å². The molecule has 0 aliphatic carbocycles. The summed E-state index contributed by atoms with van der Waals surface area (Å²) in [5.41, 5.74) is 12.9. The van der Waals surface area contributed by atoms with E-state index in [9.17, 15) is 0 Å². The van der Waals surface area contributed by atoms with Crippen LogP contribution in [0.2, 0.25) is 0 Å². The average molecular weight is 268 g/mol. The Hall–Kier alpha value is -1.56. The summed E-state index contributed by atoms with van der Waals surface area (Å²) in [6, 6.07) is 5.55. The van der Waals surface area contributed by atoms with E-state index in [0.717, 1.165) is 10.0 Å². The average Bonchev–Trinajstić information content (AvgIpc) is 2.46. The van der Waals surface area contributed by atoms with Gasteiger partial charge in [-0.05, 0) is 18.2 Å². The smallest absolute Gasteiger partial charge is 0.218 e. The van der Waals surface area contributed by atoms with Crippen molar-refractivity contribution in [3.05, 3.63) is 22.7 Å². The van der Waals surface area contributed by atoms with Crippen molar-refractivity contribution < 1.29 is 0 Å². The molecular weight excluding hydrogens is 258 g/mol. The molecule has 0 radical (unpaired) electrons. The molecule has 2 aromatic rings. The molecule has 2 rings (SSSR count). The number of nitrogen functional groups attached to an aromatic ring is 2. The molecule has 78 valence electrons. The SMILES string of the molecule is Cn1nc(-c2ccc(Br)cc2N)nc1N. The highest BCUT2D eigenvalue weighted by atomic mass is 79.9. The van der Waals surface area contributed by atoms with Crippen LogP contribution in [0.4, 0.5) is 11.6 Å². The van der Waals surface area contributed by atoms with Gasteiger partial charge in [-0.3, -0.25) is 0 Å². The number of benzene rings is 1. The van der Waals surface area contributed by atoms with E-state index in [1.807, 2.05) is 18.2 Å². The van der Waals surface area contributed by atoms with Crippen LogP contribution in [0.1, 0.15) is 0 Å². The molecule has 6 heteroatoms. The van der Waals surface area contributed by atoms with Gasteiger partial charge in [-0.25, -0.2) is 4.68 Å². The van der Waals surface area contributed by atoms with Crippen molar-refractivity contribution in [1.82, 2.24) is 14.8 Å². The molecule has 0 saturated heterocycles. The number of hydrogen-bond acceptors (Lipinski definition) is 4. The molecule has 0 fully saturated rings. The number of aromatic nitrogens is 3. The Bertz CT molecular complexity index is 486. The summed E-state index contributed by atoms with van der Waals surface area (Å²) in [5, 5.41) is 4.16. The van der Waals surface area contributed by atoms with Crippen molar-refractivity contribution in [2.24, 2.45) is 7.05 Å². The van der Waals surface area contributed by atoms with Crippen molar-refractivity contribution in [3.8, 4) is 11.4 Å². The van der Waals surface area contributed by atoms with Crippen LogP contribution in [0.3, 0.4) is 0 Å². The zero-order valence-electron chi connectivity index (χ0n) is 8.11. The first-order valence-electron chi connectivity index (χ1n) is 4.30. The Morgan fingerprint density at radius 1 is 1.33 bits per heavy atom. The van der Waals surface area contributed by atoms with Gasteiger partial charge in [0, 0.05) is 22.8 Å². The predicted molar refractivity (Wildman–Crippen MR) is 63.0 cm³/mol. The maximum Gasteiger partial charge on any atom is 0.218 e. The van der Waals surface area contributed by atoms with Crippen LogP contribution in [0.15, 0.2) is 22.7 Å². The molecule has 4 N–H and O–H groups in total. The summed E-state index contributed by atoms with van der Waals surface area (Å²) >= 11 is 3.34. The Kier molecular flexibility index (Phi) is 2.36. The van der Waals surface area contributed by atoms with E-state index < -0.39 is 0 Å². The quantitative estimate of drug-likeness (QED) is 0.766. The topological polar surface area (TPSA) is 82.8 Å². The summed E-state index contributed by atoms with van der Waals surface area (Å²) in [5.74, 6) is 0.910. The third-order valence-electron chi connectivity index (χ3n) is 2.05. The molecule has 5 nitrogen and oxygen atoms in total. The fourth-order valence-electron chi connectivity index (χ4n) is 1.25. The van der Waals surface area contributed by atoms with Crippen LogP contribution in [0.5, 0.6) is 0 Å². The summed E-state index contributed by atoms with van der Waals surface area (Å²) in [4.78, 5) is 4.11. The van der Waals surface area contributed by atoms with Gasteiger partial charge >= 0.3 is 0 Å². The maximum atomic E-state index is 5.85. The molecule has 0 atom stereocenters. The number of hydrogen-bond donors (Lipinski definition) is 2. The molecule has 1 heterocycles. The minimum atomic E-state index is 0.368. The Morgan fingerprint density at radius 3 is 2.60 bits per heavy atom. The molecular formula is C9H10BrN5. The van der Waals surface area contributed by atoms with Crippen LogP contribution < -0.4 is 11.5 Å². The monoisotopic (exact) mass is 267 g/mol. The van der Waals surface area contributed by atoms with Gasteiger partial charge in [-0.2, -0.15) is 4.98 Å². The van der Waals surface area contributed by atoms with Gasteiger partial charge in [0.15, 0.2) is 5.82 Å². The molecule has 0 bridgehead atoms. The van der Waals surface area contributed by atoms with Crippen molar-refractivity contribution in [3.63, 3.8) is 0 Å². The zero-order valence-corrected chi connectivity index (χ0v) is 9.69. The van der Waals surface area contributed by atoms with Gasteiger partial charge < -0.3 is 11.5 Å². The summed E-state index contributed by atoms with van der Waals surface area (Å²) in [6.07, 6.45) is 0. The third kappa shape index (κ3) is 1.80. The number of nitrogens with two attached hydrogens (primary N) is 2. The normalized spacial score (nSPS) is 10.5. The van der Waals surface area contributed by atoms with Gasteiger partial charge in [-0.1, -0.05) is 15.9 Å². The van der Waals surface area contributed by atoms with Gasteiger partial charge in [0.25, 0.3) is 0 Å². The number of halogens is 1. The van der Waals surface area contributed by atoms with Crippen LogP contribution in [0, 0.1) is 0 Å². The molecule has 0 amide bonds. The first-order chi connectivity index (χ1) is 7.08. The van der Waals surface area contributed by atoms with Gasteiger partial charge in [0.05, 0.1) is 0 Å². The fourth-order valence-corrected chi connectivity index (χ4v) is 1.63. The number of aryl methyl sites for hydroxylation is 1. The molecule has 1 aromatic carbocycles. The van der Waals surface area contributed by atoms with E-state index in [1.165, 1.54) is 4.68 Å². The summed E-state index contributed by atoms with van der Waals surface area (Å²) in [6.45, 7) is 0. The Balaban J connectivity index is 2.54. The van der Waals surface area contributed by atoms with Crippen molar-refractivity contribution in [2.75, 3.05) is 11.5 Å². The highest BCUT2D eigenvalue weighted by Crippen LogP contribution is 2.26. The van der Waals surface area contributed by atoms with E-state index in [0.29, 0.717) is 17.5 Å². The van der Waals surface area contributed by atoms with E-state index >= 15 is 0 Å². The van der Waals surface area contributed by atoms with Gasteiger partial charge in [0.2, 0.25) is 5.95 Å². The largest absolute Gasteiger partial charge is 0.398 e. The number of anilines is 2. The maximum absolute atomic E-state index is 5.85. The highest BCUT2D eigenvalue weighted by Gasteiger charge is 2.09. The molecule has 0 aliphatic rings. The van der Waals surface area contributed by atoms with Crippen LogP contribution in [-0.4, -0.2) is 14.8 Å². The highest BCUT2D eigenvalue weighted by molar-refractivity contribution is 9.10. The first-order valence-corrected chi connectivity index (χ1v) is 5.09. The molecule has 1 aromatic heterocycles. The van der Waals surface area contributed by atoms with Gasteiger partial charge in [-0.15, -0.1) is 5.10 Å². The third-order valence-corrected chi connectivity index (χ3v) is 2.54. The second-order valence-corrected chi connectivity index (χ2v) is 4.06. The minimum absolute atomic E-state index is 0.368. The standard InChI is InChI=1S/C9H10BrN5/c1-15-9(12)13-8(14-15)6-3-2-5(10)4-7(6)11/h2-4H,11H2,1H3,(H2,12,13,14). The van der Waals surface area contributed by atoms with E-state index in [-0.39, 0.29) is 0 Å². The summed E-state index contributed by atoms with van der Waals surface area (Å²) < 4.78 is 2.43. The van der Waals surface area contributed by atoms with Crippen LogP contribution >= 0.6 is 15.9 Å². The lowest BCUT2D eigenvalue weighted by Gasteiger charge is -2.00. The predicted octanol–water partition coefficient (Wildman–Crippen LogP) is 1.41. The second-order valence-electron chi connectivity index (χ2n) is 3.15. The number of rotatable bonds is 1. The van der Waals surface area contributed by atoms with Gasteiger partial charge in [0.1, 0.15) is 0 Å². The second kappa shape index (κ2) is 3.54. The lowest BCUT2D eigenvalue weighted by molar-refractivity contribution is 0.781. The lowest BCUT2D eigenvalue weighted by atomic mass is 10.2. The Morgan fingerprint density at radius 2 is 2.07 bits per heavy atom. The van der Waals surface area contributed by atoms with E-state index in [1.54, 1.807) is 7.05 Å².